The number of amides is 2. The minimum atomic E-state index is -0.604. The van der Waals surface area contributed by atoms with Crippen molar-refractivity contribution < 1.29 is 9.59 Å². The van der Waals surface area contributed by atoms with E-state index >= 15 is 0 Å². The Morgan fingerprint density at radius 3 is 2.40 bits per heavy atom. The fourth-order valence-corrected chi connectivity index (χ4v) is 4.66. The maximum Gasteiger partial charge on any atom is 0.309 e. The maximum atomic E-state index is 12.4. The standard InChI is InChI=1S/C24H25N3O2S/c28-23(25-15-18-7-2-1-3-8-18)24(29)26-16-21(22-11-6-14-30-22)27-13-12-19-9-4-5-10-20(19)17-27/h1-11,14,21H,12-13,15-17H2,(H,25,28)(H,26,29)/t21-/m0/s1. The molecule has 0 unspecified atom stereocenters. The normalized spacial score (nSPS) is 14.5. The summed E-state index contributed by atoms with van der Waals surface area (Å²) < 4.78 is 0. The van der Waals surface area contributed by atoms with Gasteiger partial charge in [-0.05, 0) is 34.6 Å². The zero-order valence-electron chi connectivity index (χ0n) is 16.7. The van der Waals surface area contributed by atoms with Gasteiger partial charge in [0.1, 0.15) is 0 Å². The Morgan fingerprint density at radius 2 is 1.63 bits per heavy atom. The van der Waals surface area contributed by atoms with Crippen LogP contribution in [-0.4, -0.2) is 29.8 Å². The van der Waals surface area contributed by atoms with Crippen LogP contribution in [0.2, 0.25) is 0 Å². The molecule has 6 heteroatoms. The summed E-state index contributed by atoms with van der Waals surface area (Å²) in [7, 11) is 0. The van der Waals surface area contributed by atoms with Crippen LogP contribution in [0.4, 0.5) is 0 Å². The number of nitrogens with zero attached hydrogens (tertiary/aromatic N) is 1. The molecule has 2 heterocycles. The highest BCUT2D eigenvalue weighted by molar-refractivity contribution is 7.10. The molecule has 0 radical (unpaired) electrons. The van der Waals surface area contributed by atoms with Gasteiger partial charge in [0, 0.05) is 31.1 Å². The number of fused-ring (bicyclic) bond motifs is 1. The van der Waals surface area contributed by atoms with Gasteiger partial charge < -0.3 is 10.6 Å². The molecule has 0 fully saturated rings. The van der Waals surface area contributed by atoms with Gasteiger partial charge in [-0.25, -0.2) is 0 Å². The highest BCUT2D eigenvalue weighted by Gasteiger charge is 2.26. The second-order valence-corrected chi connectivity index (χ2v) is 8.38. The van der Waals surface area contributed by atoms with E-state index < -0.39 is 11.8 Å². The van der Waals surface area contributed by atoms with Gasteiger partial charge in [-0.1, -0.05) is 60.7 Å². The molecule has 0 saturated heterocycles. The average Bonchev–Trinajstić information content (AvgIpc) is 3.32. The lowest BCUT2D eigenvalue weighted by molar-refractivity contribution is -0.139. The number of nitrogens with one attached hydrogen (secondary N) is 2. The Kier molecular flexibility index (Phi) is 6.57. The molecule has 0 spiro atoms. The van der Waals surface area contributed by atoms with E-state index in [1.165, 1.54) is 16.0 Å². The van der Waals surface area contributed by atoms with Crippen LogP contribution < -0.4 is 10.6 Å². The zero-order chi connectivity index (χ0) is 20.8. The van der Waals surface area contributed by atoms with Gasteiger partial charge in [0.2, 0.25) is 0 Å². The van der Waals surface area contributed by atoms with Crippen molar-refractivity contribution in [2.45, 2.75) is 25.6 Å². The van der Waals surface area contributed by atoms with Crippen LogP contribution in [0, 0.1) is 0 Å². The van der Waals surface area contributed by atoms with Gasteiger partial charge in [0.05, 0.1) is 6.04 Å². The average molecular weight is 420 g/mol. The highest BCUT2D eigenvalue weighted by atomic mass is 32.1. The van der Waals surface area contributed by atoms with E-state index in [0.29, 0.717) is 13.1 Å². The van der Waals surface area contributed by atoms with E-state index in [4.69, 9.17) is 0 Å². The predicted octanol–water partition coefficient (Wildman–Crippen LogP) is 3.28. The molecule has 30 heavy (non-hydrogen) atoms. The molecular formula is C24H25N3O2S. The van der Waals surface area contributed by atoms with Gasteiger partial charge in [0.15, 0.2) is 0 Å². The van der Waals surface area contributed by atoms with Crippen molar-refractivity contribution in [3.8, 4) is 0 Å². The summed E-state index contributed by atoms with van der Waals surface area (Å²) >= 11 is 1.68. The predicted molar refractivity (Wildman–Crippen MR) is 119 cm³/mol. The van der Waals surface area contributed by atoms with Crippen molar-refractivity contribution in [1.29, 1.82) is 0 Å². The lowest BCUT2D eigenvalue weighted by Gasteiger charge is -2.35. The number of hydrogen-bond acceptors (Lipinski definition) is 4. The number of thiophene rings is 1. The van der Waals surface area contributed by atoms with Crippen molar-refractivity contribution in [3.05, 3.63) is 93.7 Å². The van der Waals surface area contributed by atoms with Crippen LogP contribution in [0.5, 0.6) is 0 Å². The number of rotatable bonds is 6. The minimum Gasteiger partial charge on any atom is -0.346 e. The molecule has 3 aromatic rings. The summed E-state index contributed by atoms with van der Waals surface area (Å²) in [4.78, 5) is 28.2. The van der Waals surface area contributed by atoms with Crippen molar-refractivity contribution in [2.24, 2.45) is 0 Å². The van der Waals surface area contributed by atoms with E-state index in [9.17, 15) is 9.59 Å². The molecule has 0 bridgehead atoms. The summed E-state index contributed by atoms with van der Waals surface area (Å²) in [6.45, 7) is 2.51. The van der Waals surface area contributed by atoms with E-state index in [-0.39, 0.29) is 6.04 Å². The summed E-state index contributed by atoms with van der Waals surface area (Å²) in [6, 6.07) is 22.2. The van der Waals surface area contributed by atoms with Gasteiger partial charge in [-0.3, -0.25) is 14.5 Å². The Hall–Kier alpha value is -2.96. The second-order valence-electron chi connectivity index (χ2n) is 7.40. The van der Waals surface area contributed by atoms with Crippen LogP contribution in [0.3, 0.4) is 0 Å². The van der Waals surface area contributed by atoms with Crippen LogP contribution >= 0.6 is 11.3 Å². The van der Waals surface area contributed by atoms with Gasteiger partial charge >= 0.3 is 11.8 Å². The SMILES string of the molecule is O=C(NCc1ccccc1)C(=O)NC[C@@H](c1cccs1)N1CCc2ccccc2C1. The largest absolute Gasteiger partial charge is 0.346 e. The van der Waals surface area contributed by atoms with E-state index in [1.54, 1.807) is 11.3 Å². The third-order valence-electron chi connectivity index (χ3n) is 5.43. The molecule has 5 nitrogen and oxygen atoms in total. The molecule has 2 amide bonds. The van der Waals surface area contributed by atoms with Crippen LogP contribution in [0.25, 0.3) is 0 Å². The summed E-state index contributed by atoms with van der Waals surface area (Å²) in [5, 5.41) is 7.58. The Balaban J connectivity index is 1.37. The molecule has 0 aliphatic carbocycles. The molecule has 2 aromatic carbocycles. The molecule has 1 aliphatic heterocycles. The molecule has 2 N–H and O–H groups in total. The fourth-order valence-electron chi connectivity index (χ4n) is 3.80. The number of carbonyl (C=O) groups is 2. The summed E-state index contributed by atoms with van der Waals surface area (Å²) in [5.41, 5.74) is 3.68. The van der Waals surface area contributed by atoms with Crippen molar-refractivity contribution in [3.63, 3.8) is 0 Å². The number of benzene rings is 2. The van der Waals surface area contributed by atoms with E-state index in [2.05, 4.69) is 51.2 Å². The molecule has 0 saturated carbocycles. The van der Waals surface area contributed by atoms with Gasteiger partial charge in [-0.15, -0.1) is 11.3 Å². The number of hydrogen-bond donors (Lipinski definition) is 2. The fraction of sp³-hybridized carbons (Fsp3) is 0.250. The topological polar surface area (TPSA) is 61.4 Å². The van der Waals surface area contributed by atoms with Crippen LogP contribution in [0.15, 0.2) is 72.1 Å². The van der Waals surface area contributed by atoms with Gasteiger partial charge in [0.25, 0.3) is 0 Å². The van der Waals surface area contributed by atoms with E-state index in [0.717, 1.165) is 25.1 Å². The first-order chi connectivity index (χ1) is 14.7. The van der Waals surface area contributed by atoms with Crippen molar-refractivity contribution >= 4 is 23.2 Å². The van der Waals surface area contributed by atoms with Gasteiger partial charge in [-0.2, -0.15) is 0 Å². The van der Waals surface area contributed by atoms with E-state index in [1.807, 2.05) is 36.4 Å². The maximum absolute atomic E-state index is 12.4. The lowest BCUT2D eigenvalue weighted by atomic mass is 9.98. The van der Waals surface area contributed by atoms with Crippen molar-refractivity contribution in [1.82, 2.24) is 15.5 Å². The Labute approximate surface area is 180 Å². The first-order valence-electron chi connectivity index (χ1n) is 10.1. The third-order valence-corrected chi connectivity index (χ3v) is 6.40. The zero-order valence-corrected chi connectivity index (χ0v) is 17.5. The van der Waals surface area contributed by atoms with Crippen LogP contribution in [0.1, 0.15) is 27.6 Å². The summed E-state index contributed by atoms with van der Waals surface area (Å²) in [6.07, 6.45) is 0.990. The molecule has 1 atom stereocenters. The second kappa shape index (κ2) is 9.69. The molecule has 154 valence electrons. The summed E-state index contributed by atoms with van der Waals surface area (Å²) in [5.74, 6) is -1.20. The number of carbonyl (C=O) groups excluding carboxylic acids is 2. The first kappa shape index (κ1) is 20.3. The molecule has 1 aromatic heterocycles. The minimum absolute atomic E-state index is 0.0456. The Bertz CT molecular complexity index is 989. The molecule has 1 aliphatic rings. The highest BCUT2D eigenvalue weighted by Crippen LogP contribution is 2.29. The Morgan fingerprint density at radius 1 is 0.900 bits per heavy atom. The first-order valence-corrected chi connectivity index (χ1v) is 11.0. The van der Waals surface area contributed by atoms with Crippen molar-refractivity contribution in [2.75, 3.05) is 13.1 Å². The molecular weight excluding hydrogens is 394 g/mol. The smallest absolute Gasteiger partial charge is 0.309 e. The lowest BCUT2D eigenvalue weighted by Crippen LogP contribution is -2.44. The quantitative estimate of drug-likeness (QED) is 0.603. The monoisotopic (exact) mass is 419 g/mol. The van der Waals surface area contributed by atoms with Crippen LogP contribution in [-0.2, 0) is 29.1 Å². The third kappa shape index (κ3) is 4.96. The molecule has 4 rings (SSSR count).